The molecule has 0 heterocycles. The van der Waals surface area contributed by atoms with Gasteiger partial charge in [0.25, 0.3) is 0 Å². The molecular formula is C11H20N2. The average molecular weight is 180 g/mol. The fraction of sp³-hybridized carbons (Fsp3) is 0.818. The van der Waals surface area contributed by atoms with Crippen LogP contribution in [0.1, 0.15) is 33.1 Å². The molecule has 1 fully saturated rings. The fourth-order valence-corrected chi connectivity index (χ4v) is 3.34. The third-order valence-corrected chi connectivity index (χ3v) is 4.35. The van der Waals surface area contributed by atoms with Gasteiger partial charge < -0.3 is 11.5 Å². The zero-order valence-corrected chi connectivity index (χ0v) is 8.64. The SMILES string of the molecule is CC[C@@]1(CN)C[C@H]2CC(C)=C[C@]21N. The monoisotopic (exact) mass is 180 g/mol. The number of allylic oxidation sites excluding steroid dienone is 1. The minimum atomic E-state index is -0.0689. The molecule has 0 amide bonds. The van der Waals surface area contributed by atoms with Gasteiger partial charge in [0.1, 0.15) is 0 Å². The standard InChI is InChI=1S/C11H20N2/c1-3-10(7-12)6-9-4-8(2)5-11(9,10)13/h5,9H,3-4,6-7,12-13H2,1-2H3/t9-,10+,11+/m1/s1. The Morgan fingerprint density at radius 2 is 2.31 bits per heavy atom. The van der Waals surface area contributed by atoms with Crippen molar-refractivity contribution in [1.29, 1.82) is 0 Å². The molecule has 2 aliphatic carbocycles. The topological polar surface area (TPSA) is 52.0 Å². The zero-order chi connectivity index (χ0) is 9.69. The van der Waals surface area contributed by atoms with Crippen LogP contribution in [-0.2, 0) is 0 Å². The third kappa shape index (κ3) is 0.906. The summed E-state index contributed by atoms with van der Waals surface area (Å²) in [6, 6.07) is 0. The third-order valence-electron chi connectivity index (χ3n) is 4.35. The van der Waals surface area contributed by atoms with Gasteiger partial charge in [-0.15, -0.1) is 0 Å². The quantitative estimate of drug-likeness (QED) is 0.631. The molecular weight excluding hydrogens is 160 g/mol. The van der Waals surface area contributed by atoms with Crippen molar-refractivity contribution in [2.24, 2.45) is 22.8 Å². The highest BCUT2D eigenvalue weighted by Gasteiger charge is 2.61. The fourth-order valence-electron chi connectivity index (χ4n) is 3.34. The molecule has 0 unspecified atom stereocenters. The van der Waals surface area contributed by atoms with E-state index in [1.807, 2.05) is 0 Å². The van der Waals surface area contributed by atoms with Crippen LogP contribution in [0.2, 0.25) is 0 Å². The van der Waals surface area contributed by atoms with Crippen molar-refractivity contribution in [3.8, 4) is 0 Å². The molecule has 0 aromatic heterocycles. The van der Waals surface area contributed by atoms with Gasteiger partial charge in [-0.3, -0.25) is 0 Å². The lowest BCUT2D eigenvalue weighted by Crippen LogP contribution is -2.69. The molecule has 0 aromatic carbocycles. The maximum Gasteiger partial charge on any atom is 0.0442 e. The van der Waals surface area contributed by atoms with E-state index in [4.69, 9.17) is 11.5 Å². The Hall–Kier alpha value is -0.340. The highest BCUT2D eigenvalue weighted by molar-refractivity contribution is 5.34. The molecule has 13 heavy (non-hydrogen) atoms. The average Bonchev–Trinajstić information content (AvgIpc) is 2.32. The van der Waals surface area contributed by atoms with E-state index in [0.29, 0.717) is 5.92 Å². The van der Waals surface area contributed by atoms with Crippen molar-refractivity contribution in [2.75, 3.05) is 6.54 Å². The minimum Gasteiger partial charge on any atom is -0.330 e. The van der Waals surface area contributed by atoms with Crippen molar-refractivity contribution in [3.05, 3.63) is 11.6 Å². The van der Waals surface area contributed by atoms with E-state index < -0.39 is 0 Å². The summed E-state index contributed by atoms with van der Waals surface area (Å²) in [6.45, 7) is 5.13. The summed E-state index contributed by atoms with van der Waals surface area (Å²) in [6.07, 6.45) is 5.81. The van der Waals surface area contributed by atoms with E-state index in [1.165, 1.54) is 18.4 Å². The van der Waals surface area contributed by atoms with Gasteiger partial charge in [0.05, 0.1) is 0 Å². The van der Waals surface area contributed by atoms with Gasteiger partial charge in [0, 0.05) is 17.5 Å². The van der Waals surface area contributed by atoms with Gasteiger partial charge in [-0.05, 0) is 32.1 Å². The minimum absolute atomic E-state index is 0.0689. The van der Waals surface area contributed by atoms with Crippen LogP contribution in [0.5, 0.6) is 0 Å². The smallest absolute Gasteiger partial charge is 0.0442 e. The van der Waals surface area contributed by atoms with Crippen LogP contribution in [0.3, 0.4) is 0 Å². The molecule has 2 rings (SSSR count). The molecule has 3 atom stereocenters. The first-order valence-corrected chi connectivity index (χ1v) is 5.25. The van der Waals surface area contributed by atoms with Crippen LogP contribution in [0, 0.1) is 11.3 Å². The molecule has 0 saturated heterocycles. The normalized spacial score (nSPS) is 48.3. The molecule has 2 heteroatoms. The second-order valence-electron chi connectivity index (χ2n) is 4.87. The van der Waals surface area contributed by atoms with Crippen molar-refractivity contribution in [2.45, 2.75) is 38.6 Å². The van der Waals surface area contributed by atoms with Crippen molar-refractivity contribution < 1.29 is 0 Å². The van der Waals surface area contributed by atoms with Gasteiger partial charge >= 0.3 is 0 Å². The molecule has 4 N–H and O–H groups in total. The molecule has 0 spiro atoms. The van der Waals surface area contributed by atoms with E-state index in [9.17, 15) is 0 Å². The van der Waals surface area contributed by atoms with Gasteiger partial charge in [-0.1, -0.05) is 18.6 Å². The first-order valence-electron chi connectivity index (χ1n) is 5.25. The van der Waals surface area contributed by atoms with E-state index in [0.717, 1.165) is 13.0 Å². The molecule has 0 aliphatic heterocycles. The van der Waals surface area contributed by atoms with Gasteiger partial charge in [-0.2, -0.15) is 0 Å². The van der Waals surface area contributed by atoms with Gasteiger partial charge in [0.2, 0.25) is 0 Å². The zero-order valence-electron chi connectivity index (χ0n) is 8.64. The highest BCUT2D eigenvalue weighted by atomic mass is 14.9. The predicted molar refractivity (Wildman–Crippen MR) is 55.2 cm³/mol. The lowest BCUT2D eigenvalue weighted by atomic mass is 9.49. The summed E-state index contributed by atoms with van der Waals surface area (Å²) in [5, 5.41) is 0. The summed E-state index contributed by atoms with van der Waals surface area (Å²) in [5.74, 6) is 0.677. The molecule has 74 valence electrons. The lowest BCUT2D eigenvalue weighted by Gasteiger charge is -2.59. The maximum atomic E-state index is 6.44. The maximum absolute atomic E-state index is 6.44. The Bertz CT molecular complexity index is 253. The van der Waals surface area contributed by atoms with Crippen LogP contribution in [0.15, 0.2) is 11.6 Å². The van der Waals surface area contributed by atoms with Crippen LogP contribution >= 0.6 is 0 Å². The van der Waals surface area contributed by atoms with Crippen LogP contribution in [0.4, 0.5) is 0 Å². The van der Waals surface area contributed by atoms with Crippen LogP contribution in [0.25, 0.3) is 0 Å². The number of nitrogens with two attached hydrogens (primary N) is 2. The van der Waals surface area contributed by atoms with Gasteiger partial charge in [-0.25, -0.2) is 0 Å². The lowest BCUT2D eigenvalue weighted by molar-refractivity contribution is -0.0234. The summed E-state index contributed by atoms with van der Waals surface area (Å²) < 4.78 is 0. The molecule has 0 radical (unpaired) electrons. The first-order chi connectivity index (χ1) is 6.08. The first kappa shape index (κ1) is 9.22. The summed E-state index contributed by atoms with van der Waals surface area (Å²) in [5.41, 5.74) is 13.9. The number of hydrogen-bond acceptors (Lipinski definition) is 2. The van der Waals surface area contributed by atoms with Crippen molar-refractivity contribution in [1.82, 2.24) is 0 Å². The van der Waals surface area contributed by atoms with Crippen LogP contribution in [-0.4, -0.2) is 12.1 Å². The Labute approximate surface area is 80.4 Å². The van der Waals surface area contributed by atoms with E-state index in [-0.39, 0.29) is 11.0 Å². The Balaban J connectivity index is 2.29. The molecule has 2 nitrogen and oxygen atoms in total. The second-order valence-corrected chi connectivity index (χ2v) is 4.87. The van der Waals surface area contributed by atoms with Crippen LogP contribution < -0.4 is 11.5 Å². The van der Waals surface area contributed by atoms with Gasteiger partial charge in [0.15, 0.2) is 0 Å². The van der Waals surface area contributed by atoms with E-state index >= 15 is 0 Å². The Morgan fingerprint density at radius 1 is 1.62 bits per heavy atom. The van der Waals surface area contributed by atoms with E-state index in [1.54, 1.807) is 0 Å². The molecule has 0 bridgehead atoms. The molecule has 0 aromatic rings. The summed E-state index contributed by atoms with van der Waals surface area (Å²) in [4.78, 5) is 0. The summed E-state index contributed by atoms with van der Waals surface area (Å²) >= 11 is 0. The second kappa shape index (κ2) is 2.58. The number of fused-ring (bicyclic) bond motifs is 1. The van der Waals surface area contributed by atoms with Crippen molar-refractivity contribution in [3.63, 3.8) is 0 Å². The number of rotatable bonds is 2. The predicted octanol–water partition coefficient (Wildman–Crippen LogP) is 1.41. The number of hydrogen-bond donors (Lipinski definition) is 2. The summed E-state index contributed by atoms with van der Waals surface area (Å²) in [7, 11) is 0. The molecule has 2 aliphatic rings. The largest absolute Gasteiger partial charge is 0.330 e. The Kier molecular flexibility index (Phi) is 1.83. The van der Waals surface area contributed by atoms with E-state index in [2.05, 4.69) is 19.9 Å². The Morgan fingerprint density at radius 3 is 2.77 bits per heavy atom. The molecule has 1 saturated carbocycles. The van der Waals surface area contributed by atoms with Crippen molar-refractivity contribution >= 4 is 0 Å². The highest BCUT2D eigenvalue weighted by Crippen LogP contribution is 2.60.